The summed E-state index contributed by atoms with van der Waals surface area (Å²) in [7, 11) is 0. The zero-order valence-corrected chi connectivity index (χ0v) is 11.8. The minimum absolute atomic E-state index is 0.211. The van der Waals surface area contributed by atoms with E-state index in [0.29, 0.717) is 28.3 Å². The lowest BCUT2D eigenvalue weighted by Crippen LogP contribution is -2.29. The van der Waals surface area contributed by atoms with Crippen LogP contribution in [0.5, 0.6) is 6.01 Å². The van der Waals surface area contributed by atoms with E-state index in [1.54, 1.807) is 6.07 Å². The molecule has 5 heteroatoms. The predicted molar refractivity (Wildman–Crippen MR) is 70.7 cm³/mol. The largest absolute Gasteiger partial charge is 0.460 e. The van der Waals surface area contributed by atoms with Gasteiger partial charge in [-0.05, 0) is 47.0 Å². The number of nitrogen functional groups attached to an aromatic ring is 1. The van der Waals surface area contributed by atoms with Gasteiger partial charge in [0, 0.05) is 6.07 Å². The van der Waals surface area contributed by atoms with Gasteiger partial charge in [0.25, 0.3) is 0 Å². The minimum Gasteiger partial charge on any atom is -0.460 e. The van der Waals surface area contributed by atoms with E-state index in [2.05, 4.69) is 39.7 Å². The third-order valence-corrected chi connectivity index (χ3v) is 3.51. The fraction of sp³-hybridized carbons (Fsp3) is 0.667. The van der Waals surface area contributed by atoms with Gasteiger partial charge in [-0.1, -0.05) is 13.8 Å². The summed E-state index contributed by atoms with van der Waals surface area (Å²) < 4.78 is 6.49. The molecular weight excluding hydrogens is 282 g/mol. The van der Waals surface area contributed by atoms with Crippen LogP contribution >= 0.6 is 15.9 Å². The zero-order valence-electron chi connectivity index (χ0n) is 10.2. The van der Waals surface area contributed by atoms with Crippen LogP contribution < -0.4 is 10.5 Å². The third kappa shape index (κ3) is 3.56. The second kappa shape index (κ2) is 5.21. The molecule has 0 radical (unpaired) electrons. The van der Waals surface area contributed by atoms with E-state index in [-0.39, 0.29) is 6.10 Å². The van der Waals surface area contributed by atoms with Gasteiger partial charge in [0.15, 0.2) is 0 Å². The molecular formula is C12H18BrN3O. The van der Waals surface area contributed by atoms with Crippen molar-refractivity contribution in [1.29, 1.82) is 0 Å². The fourth-order valence-corrected chi connectivity index (χ4v) is 2.97. The van der Waals surface area contributed by atoms with Crippen molar-refractivity contribution in [1.82, 2.24) is 9.97 Å². The number of hydrogen-bond acceptors (Lipinski definition) is 4. The minimum atomic E-state index is 0.211. The van der Waals surface area contributed by atoms with Crippen LogP contribution in [0.1, 0.15) is 33.1 Å². The van der Waals surface area contributed by atoms with Gasteiger partial charge in [0.2, 0.25) is 0 Å². The molecule has 1 fully saturated rings. The Kier molecular flexibility index (Phi) is 3.86. The number of aromatic nitrogens is 2. The quantitative estimate of drug-likeness (QED) is 0.853. The van der Waals surface area contributed by atoms with Gasteiger partial charge in [0.1, 0.15) is 16.5 Å². The average molecular weight is 300 g/mol. The van der Waals surface area contributed by atoms with Crippen molar-refractivity contribution in [3.63, 3.8) is 0 Å². The number of halogens is 1. The molecule has 1 aliphatic carbocycles. The number of nitrogens with two attached hydrogens (primary N) is 1. The summed E-state index contributed by atoms with van der Waals surface area (Å²) in [6, 6.07) is 2.04. The molecule has 1 heterocycles. The van der Waals surface area contributed by atoms with Crippen molar-refractivity contribution in [2.75, 3.05) is 5.73 Å². The first-order valence-electron chi connectivity index (χ1n) is 5.99. The van der Waals surface area contributed by atoms with Crippen LogP contribution in [0.15, 0.2) is 10.7 Å². The van der Waals surface area contributed by atoms with Crippen molar-refractivity contribution in [2.24, 2.45) is 11.8 Å². The zero-order chi connectivity index (χ0) is 12.4. The Morgan fingerprint density at radius 2 is 1.88 bits per heavy atom. The molecule has 0 aliphatic heterocycles. The van der Waals surface area contributed by atoms with Crippen molar-refractivity contribution in [2.45, 2.75) is 39.2 Å². The molecule has 0 saturated heterocycles. The number of nitrogens with zero attached hydrogens (tertiary/aromatic N) is 2. The highest BCUT2D eigenvalue weighted by atomic mass is 79.9. The smallest absolute Gasteiger partial charge is 0.319 e. The molecule has 1 aromatic rings. The van der Waals surface area contributed by atoms with Crippen LogP contribution in [0.3, 0.4) is 0 Å². The monoisotopic (exact) mass is 299 g/mol. The van der Waals surface area contributed by atoms with Crippen molar-refractivity contribution >= 4 is 21.7 Å². The standard InChI is InChI=1S/C12H18BrN3O/c1-7-3-8(2)5-9(4-7)17-12-15-10(13)6-11(14)16-12/h6-9H,3-5H2,1-2H3,(H2,14,15,16). The maximum atomic E-state index is 5.83. The van der Waals surface area contributed by atoms with E-state index < -0.39 is 0 Å². The summed E-state index contributed by atoms with van der Waals surface area (Å²) in [5.41, 5.74) is 5.66. The number of ether oxygens (including phenoxy) is 1. The maximum absolute atomic E-state index is 5.83. The van der Waals surface area contributed by atoms with Crippen LogP contribution in [-0.2, 0) is 0 Å². The molecule has 2 unspecified atom stereocenters. The van der Waals surface area contributed by atoms with Crippen molar-refractivity contribution in [3.8, 4) is 6.01 Å². The Morgan fingerprint density at radius 3 is 2.47 bits per heavy atom. The summed E-state index contributed by atoms with van der Waals surface area (Å²) in [6.07, 6.45) is 3.63. The first-order valence-corrected chi connectivity index (χ1v) is 6.79. The maximum Gasteiger partial charge on any atom is 0.319 e. The Bertz CT molecular complexity index is 369. The summed E-state index contributed by atoms with van der Waals surface area (Å²) in [5, 5.41) is 0. The van der Waals surface area contributed by atoms with Crippen molar-refractivity contribution < 1.29 is 4.74 Å². The number of hydrogen-bond donors (Lipinski definition) is 1. The average Bonchev–Trinajstić information content (AvgIpc) is 2.13. The molecule has 17 heavy (non-hydrogen) atoms. The van der Waals surface area contributed by atoms with Gasteiger partial charge in [0.05, 0.1) is 0 Å². The normalized spacial score (nSPS) is 29.0. The highest BCUT2D eigenvalue weighted by molar-refractivity contribution is 9.10. The van der Waals surface area contributed by atoms with Gasteiger partial charge in [-0.3, -0.25) is 0 Å². The molecule has 0 spiro atoms. The summed E-state index contributed by atoms with van der Waals surface area (Å²) in [4.78, 5) is 8.27. The third-order valence-electron chi connectivity index (χ3n) is 3.10. The Labute approximate surface area is 110 Å². The first-order chi connectivity index (χ1) is 8.02. The Morgan fingerprint density at radius 1 is 1.24 bits per heavy atom. The number of anilines is 1. The van der Waals surface area contributed by atoms with E-state index in [0.717, 1.165) is 12.8 Å². The predicted octanol–water partition coefficient (Wildman–Crippen LogP) is 3.02. The van der Waals surface area contributed by atoms with E-state index in [4.69, 9.17) is 10.5 Å². The lowest BCUT2D eigenvalue weighted by atomic mass is 9.82. The van der Waals surface area contributed by atoms with Crippen molar-refractivity contribution in [3.05, 3.63) is 10.7 Å². The van der Waals surface area contributed by atoms with Crippen LogP contribution in [-0.4, -0.2) is 16.1 Å². The van der Waals surface area contributed by atoms with Crippen LogP contribution in [0.2, 0.25) is 0 Å². The van der Waals surface area contributed by atoms with Gasteiger partial charge >= 0.3 is 6.01 Å². The van der Waals surface area contributed by atoms with E-state index >= 15 is 0 Å². The van der Waals surface area contributed by atoms with Gasteiger partial charge in [-0.2, -0.15) is 9.97 Å². The Balaban J connectivity index is 2.04. The molecule has 4 nitrogen and oxygen atoms in total. The first kappa shape index (κ1) is 12.6. The van der Waals surface area contributed by atoms with Crippen LogP contribution in [0.25, 0.3) is 0 Å². The van der Waals surface area contributed by atoms with Crippen LogP contribution in [0.4, 0.5) is 5.82 Å². The molecule has 2 rings (SSSR count). The molecule has 1 saturated carbocycles. The molecule has 1 aliphatic rings. The van der Waals surface area contributed by atoms with Gasteiger partial charge < -0.3 is 10.5 Å². The highest BCUT2D eigenvalue weighted by Crippen LogP contribution is 2.30. The Hall–Kier alpha value is -0.840. The molecule has 94 valence electrons. The SMILES string of the molecule is CC1CC(C)CC(Oc2nc(N)cc(Br)n2)C1. The molecule has 0 amide bonds. The van der Waals surface area contributed by atoms with Gasteiger partial charge in [-0.25, -0.2) is 0 Å². The fourth-order valence-electron chi connectivity index (χ4n) is 2.58. The van der Waals surface area contributed by atoms with E-state index in [1.807, 2.05) is 0 Å². The summed E-state index contributed by atoms with van der Waals surface area (Å²) in [5.74, 6) is 1.83. The van der Waals surface area contributed by atoms with Gasteiger partial charge in [-0.15, -0.1) is 0 Å². The molecule has 2 atom stereocenters. The second-order valence-corrected chi connectivity index (χ2v) is 5.87. The molecule has 2 N–H and O–H groups in total. The molecule has 1 aromatic heterocycles. The van der Waals surface area contributed by atoms with Crippen LogP contribution in [0, 0.1) is 11.8 Å². The lowest BCUT2D eigenvalue weighted by molar-refractivity contribution is 0.0920. The number of rotatable bonds is 2. The molecule has 0 aromatic carbocycles. The topological polar surface area (TPSA) is 61.0 Å². The van der Waals surface area contributed by atoms with E-state index in [1.165, 1.54) is 6.42 Å². The summed E-state index contributed by atoms with van der Waals surface area (Å²) in [6.45, 7) is 4.53. The molecule has 0 bridgehead atoms. The summed E-state index contributed by atoms with van der Waals surface area (Å²) >= 11 is 3.29. The highest BCUT2D eigenvalue weighted by Gasteiger charge is 2.25. The van der Waals surface area contributed by atoms with E-state index in [9.17, 15) is 0 Å². The second-order valence-electron chi connectivity index (χ2n) is 5.06. The lowest BCUT2D eigenvalue weighted by Gasteiger charge is -2.30.